The summed E-state index contributed by atoms with van der Waals surface area (Å²) >= 11 is 0. The molecule has 2 aliphatic heterocycles. The Morgan fingerprint density at radius 1 is 1.10 bits per heavy atom. The van der Waals surface area contributed by atoms with E-state index in [4.69, 9.17) is 4.98 Å². The van der Waals surface area contributed by atoms with Crippen LogP contribution in [-0.4, -0.2) is 53.1 Å². The molecule has 1 aliphatic carbocycles. The number of aromatic nitrogens is 3. The number of sulfonamides is 1. The maximum atomic E-state index is 11.9. The number of piperidine rings is 1. The molecule has 0 aromatic carbocycles. The fraction of sp³-hybridized carbons (Fsp3) is 0.500. The Labute approximate surface area is 177 Å². The van der Waals surface area contributed by atoms with Crippen molar-refractivity contribution in [3.8, 4) is 0 Å². The Kier molecular flexibility index (Phi) is 4.86. The molecule has 30 heavy (non-hydrogen) atoms. The molecule has 0 radical (unpaired) electrons. The van der Waals surface area contributed by atoms with E-state index in [2.05, 4.69) is 40.0 Å². The van der Waals surface area contributed by atoms with Crippen LogP contribution in [0.3, 0.4) is 0 Å². The molecule has 0 N–H and O–H groups in total. The van der Waals surface area contributed by atoms with E-state index in [1.807, 2.05) is 6.20 Å². The van der Waals surface area contributed by atoms with Gasteiger partial charge in [0.2, 0.25) is 10.0 Å². The first-order valence-electron chi connectivity index (χ1n) is 10.6. The van der Waals surface area contributed by atoms with E-state index < -0.39 is 10.0 Å². The molecule has 0 amide bonds. The minimum Gasteiger partial charge on any atom is -0.363 e. The summed E-state index contributed by atoms with van der Waals surface area (Å²) < 4.78 is 25.3. The SMILES string of the molecule is C[C@@H]1Cc2ncnc(C3CCN(S(C)(=O)=O)CC3)c2CN1c1ccnc2c1C=CC2. The summed E-state index contributed by atoms with van der Waals surface area (Å²) in [6.07, 6.45) is 12.6. The van der Waals surface area contributed by atoms with Crippen LogP contribution in [0.2, 0.25) is 0 Å². The van der Waals surface area contributed by atoms with Crippen LogP contribution in [0, 0.1) is 0 Å². The van der Waals surface area contributed by atoms with Crippen LogP contribution in [-0.2, 0) is 29.4 Å². The zero-order valence-electron chi connectivity index (χ0n) is 17.5. The first-order chi connectivity index (χ1) is 14.4. The van der Waals surface area contributed by atoms with E-state index in [1.165, 1.54) is 23.1 Å². The van der Waals surface area contributed by atoms with E-state index in [-0.39, 0.29) is 5.92 Å². The molecule has 0 spiro atoms. The second kappa shape index (κ2) is 7.42. The lowest BCUT2D eigenvalue weighted by molar-refractivity contribution is 0.317. The normalized spacial score (nSPS) is 22.2. The number of hydrogen-bond donors (Lipinski definition) is 0. The molecule has 7 nitrogen and oxygen atoms in total. The van der Waals surface area contributed by atoms with Gasteiger partial charge in [0.15, 0.2) is 0 Å². The number of anilines is 1. The molecule has 2 aromatic rings. The highest BCUT2D eigenvalue weighted by molar-refractivity contribution is 7.88. The van der Waals surface area contributed by atoms with Gasteiger partial charge in [0.05, 0.1) is 23.3 Å². The maximum absolute atomic E-state index is 11.9. The number of fused-ring (bicyclic) bond motifs is 2. The Bertz CT molecular complexity index is 1110. The van der Waals surface area contributed by atoms with Gasteiger partial charge in [0, 0.05) is 67.4 Å². The van der Waals surface area contributed by atoms with E-state index in [0.29, 0.717) is 19.1 Å². The average molecular weight is 426 g/mol. The number of pyridine rings is 1. The predicted molar refractivity (Wildman–Crippen MR) is 117 cm³/mol. The van der Waals surface area contributed by atoms with Crippen molar-refractivity contribution in [1.82, 2.24) is 19.3 Å². The van der Waals surface area contributed by atoms with Crippen molar-refractivity contribution in [1.29, 1.82) is 0 Å². The van der Waals surface area contributed by atoms with Crippen molar-refractivity contribution in [2.24, 2.45) is 0 Å². The van der Waals surface area contributed by atoms with Gasteiger partial charge in [0.1, 0.15) is 6.33 Å². The summed E-state index contributed by atoms with van der Waals surface area (Å²) in [6, 6.07) is 2.46. The van der Waals surface area contributed by atoms with Crippen LogP contribution in [0.25, 0.3) is 6.08 Å². The molecule has 158 valence electrons. The summed E-state index contributed by atoms with van der Waals surface area (Å²) in [6.45, 7) is 4.15. The third-order valence-corrected chi connectivity index (χ3v) is 7.98. The van der Waals surface area contributed by atoms with Gasteiger partial charge in [0.25, 0.3) is 0 Å². The predicted octanol–water partition coefficient (Wildman–Crippen LogP) is 2.53. The van der Waals surface area contributed by atoms with Crippen LogP contribution >= 0.6 is 0 Å². The summed E-state index contributed by atoms with van der Waals surface area (Å²) in [7, 11) is -3.13. The Morgan fingerprint density at radius 3 is 2.67 bits per heavy atom. The molecule has 8 heteroatoms. The van der Waals surface area contributed by atoms with Gasteiger partial charge in [-0.1, -0.05) is 12.2 Å². The molecule has 0 saturated carbocycles. The molecular formula is C22H27N5O2S. The van der Waals surface area contributed by atoms with Crippen LogP contribution in [0.4, 0.5) is 5.69 Å². The first-order valence-corrected chi connectivity index (χ1v) is 12.5. The molecule has 1 atom stereocenters. The zero-order chi connectivity index (χ0) is 20.9. The second-order valence-corrected chi connectivity index (χ2v) is 10.6. The van der Waals surface area contributed by atoms with Crippen LogP contribution < -0.4 is 4.90 Å². The number of nitrogens with zero attached hydrogens (tertiary/aromatic N) is 5. The molecule has 5 rings (SSSR count). The molecule has 0 unspecified atom stereocenters. The second-order valence-electron chi connectivity index (χ2n) is 8.60. The lowest BCUT2D eigenvalue weighted by Crippen LogP contribution is -2.41. The Balaban J connectivity index is 1.45. The van der Waals surface area contributed by atoms with Gasteiger partial charge in [-0.3, -0.25) is 4.98 Å². The summed E-state index contributed by atoms with van der Waals surface area (Å²) in [5.74, 6) is 0.276. The van der Waals surface area contributed by atoms with Crippen LogP contribution in [0.15, 0.2) is 24.7 Å². The van der Waals surface area contributed by atoms with Crippen LogP contribution in [0.5, 0.6) is 0 Å². The highest BCUT2D eigenvalue weighted by Gasteiger charge is 2.33. The molecule has 3 aliphatic rings. The van der Waals surface area contributed by atoms with Gasteiger partial charge < -0.3 is 4.90 Å². The molecule has 1 fully saturated rings. The van der Waals surface area contributed by atoms with Crippen molar-refractivity contribution in [3.63, 3.8) is 0 Å². The first kappa shape index (κ1) is 19.6. The largest absolute Gasteiger partial charge is 0.363 e. The van der Waals surface area contributed by atoms with Gasteiger partial charge in [-0.25, -0.2) is 22.7 Å². The fourth-order valence-electron chi connectivity index (χ4n) is 5.05. The van der Waals surface area contributed by atoms with Crippen molar-refractivity contribution >= 4 is 21.8 Å². The molecule has 1 saturated heterocycles. The minimum atomic E-state index is -3.13. The smallest absolute Gasteiger partial charge is 0.211 e. The topological polar surface area (TPSA) is 79.3 Å². The van der Waals surface area contributed by atoms with Gasteiger partial charge in [-0.05, 0) is 25.8 Å². The van der Waals surface area contributed by atoms with Crippen molar-refractivity contribution in [2.75, 3.05) is 24.2 Å². The van der Waals surface area contributed by atoms with Crippen molar-refractivity contribution < 1.29 is 8.42 Å². The van der Waals surface area contributed by atoms with Crippen molar-refractivity contribution in [2.45, 2.75) is 51.1 Å². The van der Waals surface area contributed by atoms with Crippen molar-refractivity contribution in [3.05, 3.63) is 52.9 Å². The highest BCUT2D eigenvalue weighted by Crippen LogP contribution is 2.37. The highest BCUT2D eigenvalue weighted by atomic mass is 32.2. The minimum absolute atomic E-state index is 0.276. The van der Waals surface area contributed by atoms with Gasteiger partial charge >= 0.3 is 0 Å². The third-order valence-electron chi connectivity index (χ3n) is 6.68. The Hall–Kier alpha value is -2.32. The van der Waals surface area contributed by atoms with E-state index in [0.717, 1.165) is 49.3 Å². The lowest BCUT2D eigenvalue weighted by Gasteiger charge is -2.39. The fourth-order valence-corrected chi connectivity index (χ4v) is 5.93. The monoisotopic (exact) mass is 425 g/mol. The summed E-state index contributed by atoms with van der Waals surface area (Å²) in [5, 5.41) is 0. The van der Waals surface area contributed by atoms with Gasteiger partial charge in [-0.2, -0.15) is 0 Å². The summed E-state index contributed by atoms with van der Waals surface area (Å²) in [4.78, 5) is 16.3. The molecule has 4 heterocycles. The van der Waals surface area contributed by atoms with Gasteiger partial charge in [-0.15, -0.1) is 0 Å². The molecular weight excluding hydrogens is 398 g/mol. The number of hydrogen-bond acceptors (Lipinski definition) is 6. The number of allylic oxidation sites excluding steroid dienone is 1. The average Bonchev–Trinajstić information content (AvgIpc) is 3.21. The number of rotatable bonds is 3. The quantitative estimate of drug-likeness (QED) is 0.752. The lowest BCUT2D eigenvalue weighted by atomic mass is 9.87. The molecule has 2 aromatic heterocycles. The third kappa shape index (κ3) is 3.41. The standard InChI is InChI=1S/C22H27N5O2S/c1-15-12-20-18(13-27(15)21-6-9-23-19-5-3-4-17(19)21)22(25-14-24-20)16-7-10-26(11-8-16)30(2,28)29/h3-4,6,9,14-16H,5,7-8,10-13H2,1-2H3/t15-/m1/s1. The maximum Gasteiger partial charge on any atom is 0.211 e. The molecule has 0 bridgehead atoms. The van der Waals surface area contributed by atoms with E-state index in [1.54, 1.807) is 10.6 Å². The zero-order valence-corrected chi connectivity index (χ0v) is 18.3. The Morgan fingerprint density at radius 2 is 1.90 bits per heavy atom. The summed E-state index contributed by atoms with van der Waals surface area (Å²) in [5.41, 5.74) is 7.06. The van der Waals surface area contributed by atoms with E-state index in [9.17, 15) is 8.42 Å². The van der Waals surface area contributed by atoms with E-state index >= 15 is 0 Å². The van der Waals surface area contributed by atoms with Crippen LogP contribution in [0.1, 0.15) is 53.9 Å².